The quantitative estimate of drug-likeness (QED) is 0.151. The van der Waals surface area contributed by atoms with Gasteiger partial charge in [0.2, 0.25) is 0 Å². The normalized spacial score (nSPS) is 11.4. The van der Waals surface area contributed by atoms with Crippen LogP contribution in [-0.2, 0) is 0 Å². The first-order valence-electron chi connectivity index (χ1n) is 19.8. The lowest BCUT2D eigenvalue weighted by atomic mass is 9.91. The van der Waals surface area contributed by atoms with Gasteiger partial charge in [0.05, 0.1) is 11.4 Å². The second-order valence-electron chi connectivity index (χ2n) is 14.8. The Morgan fingerprint density at radius 1 is 0.293 bits per heavy atom. The first-order chi connectivity index (χ1) is 28.8. The topological polar surface area (TPSA) is 16.4 Å². The number of benzene rings is 10. The predicted octanol–water partition coefficient (Wildman–Crippen LogP) is 16.0. The molecular formula is C56H37NO. The van der Waals surface area contributed by atoms with Crippen LogP contribution >= 0.6 is 0 Å². The van der Waals surface area contributed by atoms with Gasteiger partial charge in [-0.1, -0.05) is 188 Å². The van der Waals surface area contributed by atoms with Crippen molar-refractivity contribution in [1.29, 1.82) is 0 Å². The van der Waals surface area contributed by atoms with Crippen molar-refractivity contribution in [2.75, 3.05) is 4.90 Å². The van der Waals surface area contributed by atoms with E-state index < -0.39 is 0 Å². The molecule has 2 heteroatoms. The van der Waals surface area contributed by atoms with Gasteiger partial charge in [0.15, 0.2) is 0 Å². The Morgan fingerprint density at radius 2 is 0.879 bits per heavy atom. The molecule has 0 saturated carbocycles. The van der Waals surface area contributed by atoms with Crippen molar-refractivity contribution in [1.82, 2.24) is 0 Å². The smallest absolute Gasteiger partial charge is 0.143 e. The van der Waals surface area contributed by atoms with Crippen LogP contribution in [0.15, 0.2) is 229 Å². The van der Waals surface area contributed by atoms with Crippen molar-refractivity contribution in [3.05, 3.63) is 224 Å². The highest BCUT2D eigenvalue weighted by molar-refractivity contribution is 6.14. The summed E-state index contributed by atoms with van der Waals surface area (Å²) < 4.78 is 6.68. The summed E-state index contributed by atoms with van der Waals surface area (Å²) in [5.74, 6) is 0. The zero-order chi connectivity index (χ0) is 38.4. The number of hydrogen-bond donors (Lipinski definition) is 0. The molecule has 10 aromatic carbocycles. The molecule has 11 aromatic rings. The number of anilines is 3. The Labute approximate surface area is 337 Å². The molecule has 0 aliphatic carbocycles. The number of para-hydroxylation sites is 3. The van der Waals surface area contributed by atoms with Crippen LogP contribution in [0.5, 0.6) is 0 Å². The van der Waals surface area contributed by atoms with Crippen molar-refractivity contribution in [2.45, 2.75) is 0 Å². The van der Waals surface area contributed by atoms with Crippen LogP contribution < -0.4 is 4.90 Å². The van der Waals surface area contributed by atoms with E-state index in [1.165, 1.54) is 38.2 Å². The number of hydrogen-bond acceptors (Lipinski definition) is 2. The highest BCUT2D eigenvalue weighted by atomic mass is 16.3. The molecule has 0 radical (unpaired) electrons. The summed E-state index contributed by atoms with van der Waals surface area (Å²) in [5, 5.41) is 7.19. The van der Waals surface area contributed by atoms with Crippen molar-refractivity contribution in [2.24, 2.45) is 0 Å². The SMILES string of the molecule is c1ccc(-c2ccc(N(c3cc(-c4cc5ccccc5c5ccccc45)ccc3-c3ccccc3)c3ccccc3-c3cccc4c3oc3ccccc34)cc2)cc1. The predicted molar refractivity (Wildman–Crippen MR) is 245 cm³/mol. The Morgan fingerprint density at radius 3 is 1.69 bits per heavy atom. The van der Waals surface area contributed by atoms with Crippen LogP contribution in [-0.4, -0.2) is 0 Å². The molecule has 0 N–H and O–H groups in total. The lowest BCUT2D eigenvalue weighted by Gasteiger charge is -2.30. The molecule has 0 unspecified atom stereocenters. The van der Waals surface area contributed by atoms with Gasteiger partial charge in [-0.3, -0.25) is 0 Å². The summed E-state index contributed by atoms with van der Waals surface area (Å²) in [7, 11) is 0. The number of furan rings is 1. The number of rotatable bonds is 7. The summed E-state index contributed by atoms with van der Waals surface area (Å²) in [6, 6.07) is 80.8. The first kappa shape index (κ1) is 33.6. The minimum absolute atomic E-state index is 0.884. The Balaban J connectivity index is 1.20. The zero-order valence-corrected chi connectivity index (χ0v) is 31.7. The summed E-state index contributed by atoms with van der Waals surface area (Å²) >= 11 is 0. The van der Waals surface area contributed by atoms with Crippen LogP contribution in [0.2, 0.25) is 0 Å². The molecule has 11 rings (SSSR count). The molecule has 0 amide bonds. The van der Waals surface area contributed by atoms with E-state index in [0.717, 1.165) is 66.8 Å². The van der Waals surface area contributed by atoms with E-state index in [2.05, 4.69) is 223 Å². The van der Waals surface area contributed by atoms with Crippen molar-refractivity contribution < 1.29 is 4.42 Å². The summed E-state index contributed by atoms with van der Waals surface area (Å²) in [4.78, 5) is 2.45. The van der Waals surface area contributed by atoms with Crippen LogP contribution in [0.1, 0.15) is 0 Å². The Kier molecular flexibility index (Phi) is 8.19. The molecule has 0 saturated heterocycles. The molecule has 0 fully saturated rings. The fourth-order valence-corrected chi connectivity index (χ4v) is 8.74. The Bertz CT molecular complexity index is 3270. The third-order valence-corrected chi connectivity index (χ3v) is 11.5. The third-order valence-electron chi connectivity index (χ3n) is 11.5. The largest absolute Gasteiger partial charge is 0.455 e. The lowest BCUT2D eigenvalue weighted by Crippen LogP contribution is -2.13. The molecular weight excluding hydrogens is 703 g/mol. The highest BCUT2D eigenvalue weighted by Gasteiger charge is 2.24. The molecule has 0 spiro atoms. The average Bonchev–Trinajstić information content (AvgIpc) is 3.69. The first-order valence-corrected chi connectivity index (χ1v) is 19.8. The van der Waals surface area contributed by atoms with E-state index in [-0.39, 0.29) is 0 Å². The van der Waals surface area contributed by atoms with Gasteiger partial charge in [-0.15, -0.1) is 0 Å². The van der Waals surface area contributed by atoms with E-state index in [1.54, 1.807) is 0 Å². The van der Waals surface area contributed by atoms with E-state index in [1.807, 2.05) is 6.07 Å². The van der Waals surface area contributed by atoms with Gasteiger partial charge in [0.25, 0.3) is 0 Å². The minimum atomic E-state index is 0.884. The second-order valence-corrected chi connectivity index (χ2v) is 14.8. The monoisotopic (exact) mass is 739 g/mol. The van der Waals surface area contributed by atoms with E-state index in [4.69, 9.17) is 4.42 Å². The van der Waals surface area contributed by atoms with Crippen LogP contribution in [0, 0.1) is 0 Å². The molecule has 0 bridgehead atoms. The van der Waals surface area contributed by atoms with Gasteiger partial charge in [-0.25, -0.2) is 0 Å². The summed E-state index contributed by atoms with van der Waals surface area (Å²) in [6.45, 7) is 0. The standard InChI is InChI=1S/C56H37NO/c1-3-16-38(17-4-1)39-30-33-43(34-31-39)57(53-28-13-11-24-48(53)50-26-15-27-51-49-25-12-14-29-55(49)58-56(50)51)54-37-42(32-35-45(54)40-18-5-2-6-19-40)52-36-41-20-7-8-21-44(41)46-22-9-10-23-47(46)52/h1-37H. The minimum Gasteiger partial charge on any atom is -0.455 e. The van der Waals surface area contributed by atoms with Gasteiger partial charge in [0.1, 0.15) is 11.2 Å². The van der Waals surface area contributed by atoms with Crippen molar-refractivity contribution in [3.63, 3.8) is 0 Å². The van der Waals surface area contributed by atoms with E-state index in [9.17, 15) is 0 Å². The summed E-state index contributed by atoms with van der Waals surface area (Å²) in [6.07, 6.45) is 0. The van der Waals surface area contributed by atoms with Crippen LogP contribution in [0.25, 0.3) is 88.0 Å². The van der Waals surface area contributed by atoms with Crippen LogP contribution in [0.3, 0.4) is 0 Å². The molecule has 0 atom stereocenters. The average molecular weight is 740 g/mol. The molecule has 1 aromatic heterocycles. The number of fused-ring (bicyclic) bond motifs is 6. The van der Waals surface area contributed by atoms with Gasteiger partial charge in [-0.2, -0.15) is 0 Å². The summed E-state index contributed by atoms with van der Waals surface area (Å²) in [5.41, 5.74) is 14.1. The second kappa shape index (κ2) is 14.1. The lowest BCUT2D eigenvalue weighted by molar-refractivity contribution is 0.670. The zero-order valence-electron chi connectivity index (χ0n) is 31.7. The van der Waals surface area contributed by atoms with E-state index in [0.29, 0.717) is 0 Å². The molecule has 2 nitrogen and oxygen atoms in total. The van der Waals surface area contributed by atoms with E-state index >= 15 is 0 Å². The van der Waals surface area contributed by atoms with Gasteiger partial charge < -0.3 is 9.32 Å². The number of nitrogens with zero attached hydrogens (tertiary/aromatic N) is 1. The fraction of sp³-hybridized carbons (Fsp3) is 0. The van der Waals surface area contributed by atoms with Crippen LogP contribution in [0.4, 0.5) is 17.1 Å². The molecule has 272 valence electrons. The maximum Gasteiger partial charge on any atom is 0.143 e. The van der Waals surface area contributed by atoms with Gasteiger partial charge in [-0.05, 0) is 85.8 Å². The Hall–Kier alpha value is -7.68. The molecule has 0 aliphatic rings. The molecule has 58 heavy (non-hydrogen) atoms. The molecule has 1 heterocycles. The maximum absolute atomic E-state index is 6.68. The van der Waals surface area contributed by atoms with Gasteiger partial charge >= 0.3 is 0 Å². The molecule has 0 aliphatic heterocycles. The third kappa shape index (κ3) is 5.74. The maximum atomic E-state index is 6.68. The fourth-order valence-electron chi connectivity index (χ4n) is 8.74. The van der Waals surface area contributed by atoms with Crippen molar-refractivity contribution in [3.8, 4) is 44.5 Å². The highest BCUT2D eigenvalue weighted by Crippen LogP contribution is 2.48. The van der Waals surface area contributed by atoms with Gasteiger partial charge in [0, 0.05) is 33.2 Å². The van der Waals surface area contributed by atoms with Crippen molar-refractivity contribution >= 4 is 60.5 Å².